The van der Waals surface area contributed by atoms with E-state index in [-0.39, 0.29) is 11.9 Å². The van der Waals surface area contributed by atoms with Gasteiger partial charge in [0, 0.05) is 11.3 Å². The Balaban J connectivity index is 2.13. The number of rotatable bonds is 7. The average Bonchev–Trinajstić information content (AvgIpc) is 2.65. The first kappa shape index (κ1) is 20.8. The van der Waals surface area contributed by atoms with E-state index in [4.69, 9.17) is 9.47 Å². The summed E-state index contributed by atoms with van der Waals surface area (Å²) in [5.41, 5.74) is 5.31. The molecule has 0 spiro atoms. The summed E-state index contributed by atoms with van der Waals surface area (Å²) in [6.45, 7) is 8.74. The number of para-hydroxylation sites is 1. The summed E-state index contributed by atoms with van der Waals surface area (Å²) in [6, 6.07) is 9.79. The molecule has 1 unspecified atom stereocenters. The number of methoxy groups -OCH3 is 2. The molecule has 2 rings (SSSR count). The van der Waals surface area contributed by atoms with Gasteiger partial charge in [0.1, 0.15) is 6.54 Å². The zero-order valence-corrected chi connectivity index (χ0v) is 17.4. The van der Waals surface area contributed by atoms with Crippen molar-refractivity contribution in [3.8, 4) is 11.5 Å². The Morgan fingerprint density at radius 1 is 1.04 bits per heavy atom. The minimum Gasteiger partial charge on any atom is -0.493 e. The molecule has 146 valence electrons. The van der Waals surface area contributed by atoms with Gasteiger partial charge in [-0.2, -0.15) is 0 Å². The smallest absolute Gasteiger partial charge is 0.282 e. The number of aryl methyl sites for hydroxylation is 3. The fraction of sp³-hybridized carbons (Fsp3) is 0.409. The molecule has 0 aliphatic heterocycles. The lowest BCUT2D eigenvalue weighted by molar-refractivity contribution is -0.907. The number of hydrogen-bond acceptors (Lipinski definition) is 3. The summed E-state index contributed by atoms with van der Waals surface area (Å²) >= 11 is 0. The van der Waals surface area contributed by atoms with Crippen molar-refractivity contribution >= 4 is 11.6 Å². The summed E-state index contributed by atoms with van der Waals surface area (Å²) in [7, 11) is 5.30. The van der Waals surface area contributed by atoms with Crippen LogP contribution in [0.5, 0.6) is 11.5 Å². The van der Waals surface area contributed by atoms with Gasteiger partial charge < -0.3 is 19.7 Å². The lowest BCUT2D eigenvalue weighted by atomic mass is 10.1. The van der Waals surface area contributed by atoms with Crippen LogP contribution in [0.3, 0.4) is 0 Å². The molecule has 1 amide bonds. The van der Waals surface area contributed by atoms with Crippen LogP contribution in [0.25, 0.3) is 0 Å². The van der Waals surface area contributed by atoms with E-state index in [9.17, 15) is 4.79 Å². The molecule has 0 aliphatic rings. The van der Waals surface area contributed by atoms with E-state index in [0.29, 0.717) is 12.3 Å². The SMILES string of the molecule is COc1cc(C)c(C[NH+](C)[C@H](C)C(=O)Nc2c(C)cccc2C)cc1OC. The predicted octanol–water partition coefficient (Wildman–Crippen LogP) is 2.67. The van der Waals surface area contributed by atoms with Crippen molar-refractivity contribution < 1.29 is 19.2 Å². The molecule has 0 bridgehead atoms. The number of anilines is 1. The summed E-state index contributed by atoms with van der Waals surface area (Å²) < 4.78 is 10.8. The van der Waals surface area contributed by atoms with E-state index in [1.807, 2.05) is 65.1 Å². The Labute approximate surface area is 162 Å². The predicted molar refractivity (Wildman–Crippen MR) is 109 cm³/mol. The first-order chi connectivity index (χ1) is 12.8. The van der Waals surface area contributed by atoms with Gasteiger partial charge in [0.25, 0.3) is 5.91 Å². The minimum atomic E-state index is -0.198. The molecule has 2 N–H and O–H groups in total. The third-order valence-corrected chi connectivity index (χ3v) is 5.17. The van der Waals surface area contributed by atoms with E-state index in [1.54, 1.807) is 14.2 Å². The van der Waals surface area contributed by atoms with Crippen LogP contribution in [-0.2, 0) is 11.3 Å². The lowest BCUT2D eigenvalue weighted by Gasteiger charge is -2.23. The molecule has 0 heterocycles. The highest BCUT2D eigenvalue weighted by molar-refractivity contribution is 5.95. The molecule has 0 fully saturated rings. The first-order valence-corrected chi connectivity index (χ1v) is 9.19. The Bertz CT molecular complexity index is 797. The number of benzene rings is 2. The molecule has 0 aromatic heterocycles. The van der Waals surface area contributed by atoms with Gasteiger partial charge in [-0.15, -0.1) is 0 Å². The van der Waals surface area contributed by atoms with Crippen molar-refractivity contribution in [3.05, 3.63) is 52.6 Å². The Morgan fingerprint density at radius 3 is 2.15 bits per heavy atom. The second kappa shape index (κ2) is 8.91. The summed E-state index contributed by atoms with van der Waals surface area (Å²) in [6.07, 6.45) is 0. The molecule has 2 aromatic carbocycles. The van der Waals surface area contributed by atoms with Gasteiger partial charge in [-0.1, -0.05) is 18.2 Å². The zero-order chi connectivity index (χ0) is 20.1. The molecule has 0 saturated heterocycles. The fourth-order valence-corrected chi connectivity index (χ4v) is 3.13. The largest absolute Gasteiger partial charge is 0.493 e. The molecule has 0 saturated carbocycles. The number of ether oxygens (including phenoxy) is 2. The fourth-order valence-electron chi connectivity index (χ4n) is 3.13. The summed E-state index contributed by atoms with van der Waals surface area (Å²) in [5.74, 6) is 1.44. The van der Waals surface area contributed by atoms with Crippen molar-refractivity contribution in [1.82, 2.24) is 0 Å². The van der Waals surface area contributed by atoms with Crippen molar-refractivity contribution in [2.45, 2.75) is 40.3 Å². The highest BCUT2D eigenvalue weighted by atomic mass is 16.5. The van der Waals surface area contributed by atoms with E-state index in [2.05, 4.69) is 5.32 Å². The molecule has 2 aromatic rings. The lowest BCUT2D eigenvalue weighted by Crippen LogP contribution is -3.12. The van der Waals surface area contributed by atoms with Crippen LogP contribution in [-0.4, -0.2) is 33.2 Å². The van der Waals surface area contributed by atoms with Gasteiger partial charge >= 0.3 is 0 Å². The van der Waals surface area contributed by atoms with Crippen molar-refractivity contribution in [1.29, 1.82) is 0 Å². The van der Waals surface area contributed by atoms with Gasteiger partial charge in [0.2, 0.25) is 0 Å². The van der Waals surface area contributed by atoms with Crippen LogP contribution in [0.4, 0.5) is 5.69 Å². The normalized spacial score (nSPS) is 13.0. The van der Waals surface area contributed by atoms with Gasteiger partial charge in [-0.05, 0) is 56.5 Å². The number of carbonyl (C=O) groups is 1. The highest BCUT2D eigenvalue weighted by Crippen LogP contribution is 2.30. The van der Waals surface area contributed by atoms with Crippen LogP contribution in [0.1, 0.15) is 29.2 Å². The van der Waals surface area contributed by atoms with Crippen LogP contribution >= 0.6 is 0 Å². The Hall–Kier alpha value is -2.53. The summed E-state index contributed by atoms with van der Waals surface area (Å²) in [4.78, 5) is 13.9. The number of hydrogen-bond donors (Lipinski definition) is 2. The third kappa shape index (κ3) is 4.80. The second-order valence-corrected chi connectivity index (χ2v) is 7.13. The van der Waals surface area contributed by atoms with E-state index < -0.39 is 0 Å². The quantitative estimate of drug-likeness (QED) is 0.787. The van der Waals surface area contributed by atoms with Gasteiger partial charge in [0.15, 0.2) is 17.5 Å². The topological polar surface area (TPSA) is 52.0 Å². The second-order valence-electron chi connectivity index (χ2n) is 7.13. The van der Waals surface area contributed by atoms with Crippen molar-refractivity contribution in [3.63, 3.8) is 0 Å². The number of carbonyl (C=O) groups excluding carboxylic acids is 1. The molecule has 27 heavy (non-hydrogen) atoms. The number of likely N-dealkylation sites (N-methyl/N-ethyl adjacent to an activating group) is 1. The molecule has 2 atom stereocenters. The van der Waals surface area contributed by atoms with E-state index >= 15 is 0 Å². The van der Waals surface area contributed by atoms with Crippen LogP contribution < -0.4 is 19.7 Å². The monoisotopic (exact) mass is 371 g/mol. The maximum absolute atomic E-state index is 12.8. The number of nitrogens with one attached hydrogen (secondary N) is 2. The zero-order valence-electron chi connectivity index (χ0n) is 17.4. The van der Waals surface area contributed by atoms with Gasteiger partial charge in [0.05, 0.1) is 21.3 Å². The molecule has 0 aliphatic carbocycles. The average molecular weight is 372 g/mol. The maximum atomic E-state index is 12.8. The standard InChI is InChI=1S/C22H30N2O3/c1-14-9-8-10-15(2)21(14)23-22(25)17(4)24(5)13-18-12-20(27-7)19(26-6)11-16(18)3/h8-12,17H,13H2,1-7H3,(H,23,25)/p+1/t17-/m1/s1. The van der Waals surface area contributed by atoms with Crippen LogP contribution in [0, 0.1) is 20.8 Å². The maximum Gasteiger partial charge on any atom is 0.282 e. The highest BCUT2D eigenvalue weighted by Gasteiger charge is 2.24. The number of amides is 1. The third-order valence-electron chi connectivity index (χ3n) is 5.17. The van der Waals surface area contributed by atoms with Gasteiger partial charge in [-0.25, -0.2) is 0 Å². The van der Waals surface area contributed by atoms with Crippen LogP contribution in [0.15, 0.2) is 30.3 Å². The Kier molecular flexibility index (Phi) is 6.86. The molecular formula is C22H31N2O3+. The number of quaternary nitrogens is 1. The molecule has 5 heteroatoms. The first-order valence-electron chi connectivity index (χ1n) is 9.19. The van der Waals surface area contributed by atoms with E-state index in [1.165, 1.54) is 0 Å². The molecule has 5 nitrogen and oxygen atoms in total. The Morgan fingerprint density at radius 2 is 1.59 bits per heavy atom. The minimum absolute atomic E-state index is 0.0167. The van der Waals surface area contributed by atoms with Crippen LogP contribution in [0.2, 0.25) is 0 Å². The van der Waals surface area contributed by atoms with E-state index in [0.717, 1.165) is 38.6 Å². The summed E-state index contributed by atoms with van der Waals surface area (Å²) in [5, 5.41) is 3.10. The molecule has 0 radical (unpaired) electrons. The van der Waals surface area contributed by atoms with Crippen molar-refractivity contribution in [2.75, 3.05) is 26.6 Å². The van der Waals surface area contributed by atoms with Gasteiger partial charge in [-0.3, -0.25) is 4.79 Å². The molecular weight excluding hydrogens is 340 g/mol. The van der Waals surface area contributed by atoms with Crippen molar-refractivity contribution in [2.24, 2.45) is 0 Å².